The molecule has 0 saturated heterocycles. The van der Waals surface area contributed by atoms with E-state index >= 15 is 0 Å². The third-order valence-corrected chi connectivity index (χ3v) is 5.14. The zero-order valence-corrected chi connectivity index (χ0v) is 16.7. The van der Waals surface area contributed by atoms with Crippen molar-refractivity contribution in [1.29, 1.82) is 0 Å². The summed E-state index contributed by atoms with van der Waals surface area (Å²) in [6.07, 6.45) is 0.955. The number of rotatable bonds is 7. The first-order valence-electron chi connectivity index (χ1n) is 10.0. The molecule has 0 bridgehead atoms. The number of carbonyl (C=O) groups excluding carboxylic acids is 1. The van der Waals surface area contributed by atoms with E-state index in [4.69, 9.17) is 23.9 Å². The highest BCUT2D eigenvalue weighted by molar-refractivity contribution is 6.13. The van der Waals surface area contributed by atoms with Gasteiger partial charge in [-0.15, -0.1) is 0 Å². The van der Waals surface area contributed by atoms with Gasteiger partial charge in [-0.2, -0.15) is 0 Å². The fourth-order valence-corrected chi connectivity index (χ4v) is 3.75. The number of nitrogens with zero attached hydrogens (tertiary/aromatic N) is 1. The molecule has 2 unspecified atom stereocenters. The minimum Gasteiger partial charge on any atom is -0.494 e. The maximum atomic E-state index is 12.9. The molecule has 0 amide bonds. The van der Waals surface area contributed by atoms with Gasteiger partial charge in [-0.1, -0.05) is 13.0 Å². The molecule has 2 aliphatic heterocycles. The highest BCUT2D eigenvalue weighted by Crippen LogP contribution is 2.40. The molecule has 0 radical (unpaired) electrons. The monoisotopic (exact) mass is 395 g/mol. The Kier molecular flexibility index (Phi) is 5.69. The molecular formula is C23H25NO5. The standard InChI is InChI=1S/C23H25NO5/c1-3-11-27-17-8-5-15(6-9-17)22-21(23(25)26-4-2)18(13-24-22)16-7-10-19-20(12-16)29-14-28-19/h5-10,12,18,21H,3-4,11,13-14H2,1-2H3. The minimum atomic E-state index is -0.460. The van der Waals surface area contributed by atoms with E-state index in [1.165, 1.54) is 0 Å². The molecule has 6 nitrogen and oxygen atoms in total. The number of esters is 1. The number of benzene rings is 2. The van der Waals surface area contributed by atoms with Gasteiger partial charge in [0.15, 0.2) is 11.5 Å². The van der Waals surface area contributed by atoms with Crippen molar-refractivity contribution in [2.45, 2.75) is 26.2 Å². The normalized spacial score (nSPS) is 19.7. The third kappa shape index (κ3) is 3.92. The van der Waals surface area contributed by atoms with E-state index in [9.17, 15) is 4.79 Å². The van der Waals surface area contributed by atoms with Gasteiger partial charge in [0.25, 0.3) is 0 Å². The van der Waals surface area contributed by atoms with E-state index in [1.807, 2.05) is 49.4 Å². The number of hydrogen-bond donors (Lipinski definition) is 0. The fraction of sp³-hybridized carbons (Fsp3) is 0.391. The lowest BCUT2D eigenvalue weighted by atomic mass is 9.83. The van der Waals surface area contributed by atoms with Crippen LogP contribution in [0, 0.1) is 5.92 Å². The lowest BCUT2D eigenvalue weighted by molar-refractivity contribution is -0.145. The maximum absolute atomic E-state index is 12.9. The molecule has 6 heteroatoms. The Morgan fingerprint density at radius 3 is 2.66 bits per heavy atom. The molecule has 2 aromatic rings. The summed E-state index contributed by atoms with van der Waals surface area (Å²) in [5.74, 6) is 1.43. The summed E-state index contributed by atoms with van der Waals surface area (Å²) in [6, 6.07) is 13.6. The molecule has 2 aliphatic rings. The van der Waals surface area contributed by atoms with Gasteiger partial charge in [-0.3, -0.25) is 9.79 Å². The minimum absolute atomic E-state index is 0.102. The van der Waals surface area contributed by atoms with E-state index in [1.54, 1.807) is 0 Å². The first kappa shape index (κ1) is 19.3. The largest absolute Gasteiger partial charge is 0.494 e. The summed E-state index contributed by atoms with van der Waals surface area (Å²) < 4.78 is 22.0. The fourth-order valence-electron chi connectivity index (χ4n) is 3.75. The summed E-state index contributed by atoms with van der Waals surface area (Å²) in [7, 11) is 0. The predicted molar refractivity (Wildman–Crippen MR) is 109 cm³/mol. The SMILES string of the molecule is CCCOc1ccc(C2=NCC(c3ccc4c(c3)OCO4)C2C(=O)OCC)cc1. The number of aliphatic imine (C=N–C) groups is 1. The zero-order valence-electron chi connectivity index (χ0n) is 16.7. The first-order chi connectivity index (χ1) is 14.2. The first-order valence-corrected chi connectivity index (χ1v) is 10.0. The molecule has 0 aromatic heterocycles. The van der Waals surface area contributed by atoms with Crippen molar-refractivity contribution in [2.24, 2.45) is 10.9 Å². The molecule has 0 fully saturated rings. The highest BCUT2D eigenvalue weighted by Gasteiger charge is 2.40. The van der Waals surface area contributed by atoms with Crippen LogP contribution in [0.25, 0.3) is 0 Å². The van der Waals surface area contributed by atoms with Crippen LogP contribution in [-0.2, 0) is 9.53 Å². The second-order valence-electron chi connectivity index (χ2n) is 7.05. The molecule has 2 atom stereocenters. The Morgan fingerprint density at radius 2 is 1.90 bits per heavy atom. The van der Waals surface area contributed by atoms with Crippen molar-refractivity contribution in [2.75, 3.05) is 26.6 Å². The average Bonchev–Trinajstić information content (AvgIpc) is 3.39. The molecule has 152 valence electrons. The van der Waals surface area contributed by atoms with Crippen LogP contribution in [0.1, 0.15) is 37.3 Å². The zero-order chi connectivity index (χ0) is 20.2. The summed E-state index contributed by atoms with van der Waals surface area (Å²) in [4.78, 5) is 17.6. The van der Waals surface area contributed by atoms with Gasteiger partial charge in [-0.25, -0.2) is 0 Å². The van der Waals surface area contributed by atoms with E-state index in [-0.39, 0.29) is 18.7 Å². The van der Waals surface area contributed by atoms with E-state index in [2.05, 4.69) is 6.92 Å². The Hall–Kier alpha value is -3.02. The van der Waals surface area contributed by atoms with Gasteiger partial charge in [0, 0.05) is 12.5 Å². The Bertz CT molecular complexity index is 906. The topological polar surface area (TPSA) is 66.3 Å². The Labute approximate surface area is 170 Å². The van der Waals surface area contributed by atoms with Crippen molar-refractivity contribution in [3.63, 3.8) is 0 Å². The smallest absolute Gasteiger partial charge is 0.315 e. The van der Waals surface area contributed by atoms with E-state index in [0.717, 1.165) is 34.8 Å². The van der Waals surface area contributed by atoms with Crippen molar-refractivity contribution in [3.8, 4) is 17.2 Å². The molecule has 0 saturated carbocycles. The number of hydrogen-bond acceptors (Lipinski definition) is 6. The summed E-state index contributed by atoms with van der Waals surface area (Å²) in [5, 5.41) is 0. The van der Waals surface area contributed by atoms with Gasteiger partial charge < -0.3 is 18.9 Å². The van der Waals surface area contributed by atoms with Crippen molar-refractivity contribution in [3.05, 3.63) is 53.6 Å². The Balaban J connectivity index is 1.61. The number of carbonyl (C=O) groups is 1. The molecule has 0 N–H and O–H groups in total. The molecule has 29 heavy (non-hydrogen) atoms. The van der Waals surface area contributed by atoms with Crippen LogP contribution in [0.15, 0.2) is 47.5 Å². The van der Waals surface area contributed by atoms with Gasteiger partial charge in [0.1, 0.15) is 11.7 Å². The molecule has 2 aromatic carbocycles. The van der Waals surface area contributed by atoms with Crippen molar-refractivity contribution in [1.82, 2.24) is 0 Å². The van der Waals surface area contributed by atoms with Crippen LogP contribution >= 0.6 is 0 Å². The van der Waals surface area contributed by atoms with Crippen LogP contribution in [0.4, 0.5) is 0 Å². The quantitative estimate of drug-likeness (QED) is 0.664. The average molecular weight is 395 g/mol. The van der Waals surface area contributed by atoms with Crippen LogP contribution < -0.4 is 14.2 Å². The molecule has 0 aliphatic carbocycles. The molecule has 2 heterocycles. The Morgan fingerprint density at radius 1 is 1.10 bits per heavy atom. The second-order valence-corrected chi connectivity index (χ2v) is 7.05. The summed E-state index contributed by atoms with van der Waals surface area (Å²) in [5.41, 5.74) is 2.66. The highest BCUT2D eigenvalue weighted by atomic mass is 16.7. The van der Waals surface area contributed by atoms with Crippen LogP contribution in [-0.4, -0.2) is 38.2 Å². The molecule has 0 spiro atoms. The van der Waals surface area contributed by atoms with Crippen molar-refractivity contribution < 1.29 is 23.7 Å². The van der Waals surface area contributed by atoms with Crippen molar-refractivity contribution >= 4 is 11.7 Å². The predicted octanol–water partition coefficient (Wildman–Crippen LogP) is 3.97. The molecule has 4 rings (SSSR count). The van der Waals surface area contributed by atoms with Gasteiger partial charge >= 0.3 is 5.97 Å². The van der Waals surface area contributed by atoms with Gasteiger partial charge in [0.05, 0.1) is 18.9 Å². The second kappa shape index (κ2) is 8.55. The lowest BCUT2D eigenvalue weighted by Gasteiger charge is -2.20. The van der Waals surface area contributed by atoms with E-state index in [0.29, 0.717) is 25.5 Å². The van der Waals surface area contributed by atoms with Crippen LogP contribution in [0.3, 0.4) is 0 Å². The number of ether oxygens (including phenoxy) is 4. The maximum Gasteiger partial charge on any atom is 0.315 e. The lowest BCUT2D eigenvalue weighted by Crippen LogP contribution is -2.29. The summed E-state index contributed by atoms with van der Waals surface area (Å²) in [6.45, 7) is 5.64. The van der Waals surface area contributed by atoms with Gasteiger partial charge in [-0.05, 0) is 60.9 Å². The van der Waals surface area contributed by atoms with Gasteiger partial charge in [0.2, 0.25) is 6.79 Å². The van der Waals surface area contributed by atoms with Crippen LogP contribution in [0.2, 0.25) is 0 Å². The number of fused-ring (bicyclic) bond motifs is 1. The molecular weight excluding hydrogens is 370 g/mol. The summed E-state index contributed by atoms with van der Waals surface area (Å²) >= 11 is 0. The van der Waals surface area contributed by atoms with E-state index < -0.39 is 5.92 Å². The van der Waals surface area contributed by atoms with Crippen LogP contribution in [0.5, 0.6) is 17.2 Å². The third-order valence-electron chi connectivity index (χ3n) is 5.14.